The first-order chi connectivity index (χ1) is 9.92. The predicted octanol–water partition coefficient (Wildman–Crippen LogP) is 2.92. The summed E-state index contributed by atoms with van der Waals surface area (Å²) in [5.74, 6) is 0. The molecule has 0 radical (unpaired) electrons. The maximum absolute atomic E-state index is 12.4. The number of fused-ring (bicyclic) bond motifs is 1. The molecule has 0 saturated carbocycles. The highest BCUT2D eigenvalue weighted by atomic mass is 28.3. The van der Waals surface area contributed by atoms with Crippen molar-refractivity contribution >= 4 is 19.0 Å². The number of nitrogens with zero attached hydrogens (tertiary/aromatic N) is 3. The Morgan fingerprint density at radius 3 is 2.76 bits per heavy atom. The standard InChI is InChI=1S/C15H25N3O2Si/c1-5-7-17-8-6-13-14(17)11-16-18(15(13)19)12-20-9-10-21(2,3)4/h6,8,11H,5,7,9-10,12H2,1-4H3. The van der Waals surface area contributed by atoms with Crippen molar-refractivity contribution < 1.29 is 4.74 Å². The largest absolute Gasteiger partial charge is 0.359 e. The monoisotopic (exact) mass is 307 g/mol. The van der Waals surface area contributed by atoms with Crippen molar-refractivity contribution in [2.45, 2.75) is 52.3 Å². The lowest BCUT2D eigenvalue weighted by molar-refractivity contribution is 0.0754. The van der Waals surface area contributed by atoms with Crippen LogP contribution in [0.15, 0.2) is 23.3 Å². The molecule has 0 amide bonds. The molecule has 0 aliphatic carbocycles. The van der Waals surface area contributed by atoms with Crippen LogP contribution in [0.3, 0.4) is 0 Å². The maximum Gasteiger partial charge on any atom is 0.278 e. The first kappa shape index (κ1) is 16.0. The first-order valence-electron chi connectivity index (χ1n) is 7.55. The minimum atomic E-state index is -1.09. The lowest BCUT2D eigenvalue weighted by Crippen LogP contribution is -2.26. The maximum atomic E-state index is 12.4. The van der Waals surface area contributed by atoms with E-state index in [4.69, 9.17) is 4.74 Å². The number of hydrogen-bond acceptors (Lipinski definition) is 3. The number of ether oxygens (including phenoxy) is 1. The Morgan fingerprint density at radius 1 is 1.33 bits per heavy atom. The van der Waals surface area contributed by atoms with E-state index in [-0.39, 0.29) is 12.3 Å². The smallest absolute Gasteiger partial charge is 0.278 e. The lowest BCUT2D eigenvalue weighted by atomic mass is 10.3. The molecule has 0 saturated heterocycles. The van der Waals surface area contributed by atoms with Gasteiger partial charge >= 0.3 is 0 Å². The van der Waals surface area contributed by atoms with Gasteiger partial charge in [0.25, 0.3) is 5.56 Å². The van der Waals surface area contributed by atoms with Gasteiger partial charge < -0.3 is 9.30 Å². The van der Waals surface area contributed by atoms with Crippen LogP contribution in [0.4, 0.5) is 0 Å². The van der Waals surface area contributed by atoms with Crippen LogP contribution < -0.4 is 5.56 Å². The van der Waals surface area contributed by atoms with Crippen LogP contribution in [-0.4, -0.2) is 29.0 Å². The molecule has 6 heteroatoms. The van der Waals surface area contributed by atoms with Crippen molar-refractivity contribution in [3.8, 4) is 0 Å². The van der Waals surface area contributed by atoms with Crippen LogP contribution in [0.1, 0.15) is 13.3 Å². The third kappa shape index (κ3) is 4.04. The van der Waals surface area contributed by atoms with Crippen molar-refractivity contribution in [1.82, 2.24) is 14.3 Å². The van der Waals surface area contributed by atoms with Gasteiger partial charge in [0.2, 0.25) is 0 Å². The third-order valence-corrected chi connectivity index (χ3v) is 5.17. The molecule has 0 unspecified atom stereocenters. The molecule has 0 atom stereocenters. The molecule has 116 valence electrons. The summed E-state index contributed by atoms with van der Waals surface area (Å²) in [6.07, 6.45) is 4.74. The van der Waals surface area contributed by atoms with Crippen molar-refractivity contribution in [3.05, 3.63) is 28.8 Å². The normalized spacial score (nSPS) is 12.2. The summed E-state index contributed by atoms with van der Waals surface area (Å²) in [7, 11) is -1.09. The van der Waals surface area contributed by atoms with Crippen LogP contribution in [0.2, 0.25) is 25.7 Å². The summed E-state index contributed by atoms with van der Waals surface area (Å²) < 4.78 is 9.08. The van der Waals surface area contributed by atoms with Gasteiger partial charge in [-0.25, -0.2) is 4.68 Å². The molecule has 2 aromatic heterocycles. The van der Waals surface area contributed by atoms with E-state index >= 15 is 0 Å². The molecule has 0 fully saturated rings. The molecule has 0 N–H and O–H groups in total. The molecule has 0 aromatic carbocycles. The Labute approximate surface area is 126 Å². The van der Waals surface area contributed by atoms with E-state index in [2.05, 4.69) is 36.2 Å². The van der Waals surface area contributed by atoms with Gasteiger partial charge in [-0.2, -0.15) is 5.10 Å². The minimum absolute atomic E-state index is 0.0737. The highest BCUT2D eigenvalue weighted by molar-refractivity contribution is 6.76. The lowest BCUT2D eigenvalue weighted by Gasteiger charge is -2.15. The molecule has 5 nitrogen and oxygen atoms in total. The van der Waals surface area contributed by atoms with Gasteiger partial charge in [0.1, 0.15) is 6.73 Å². The van der Waals surface area contributed by atoms with Crippen molar-refractivity contribution in [3.63, 3.8) is 0 Å². The Hall–Kier alpha value is -1.40. The van der Waals surface area contributed by atoms with Gasteiger partial charge in [-0.15, -0.1) is 0 Å². The van der Waals surface area contributed by atoms with E-state index < -0.39 is 8.07 Å². The Kier molecular flexibility index (Phi) is 5.00. The SMILES string of the molecule is CCCn1ccc2c(=O)n(COCC[Si](C)(C)C)ncc21. The summed E-state index contributed by atoms with van der Waals surface area (Å²) in [5, 5.41) is 4.94. The predicted molar refractivity (Wildman–Crippen MR) is 88.4 cm³/mol. The topological polar surface area (TPSA) is 49.0 Å². The minimum Gasteiger partial charge on any atom is -0.359 e. The van der Waals surface area contributed by atoms with Crippen molar-refractivity contribution in [2.24, 2.45) is 0 Å². The fourth-order valence-corrected chi connectivity index (χ4v) is 2.94. The van der Waals surface area contributed by atoms with Gasteiger partial charge in [0.15, 0.2) is 0 Å². The quantitative estimate of drug-likeness (QED) is 0.584. The van der Waals surface area contributed by atoms with Crippen molar-refractivity contribution in [2.75, 3.05) is 6.61 Å². The number of aryl methyl sites for hydroxylation is 1. The van der Waals surface area contributed by atoms with Gasteiger partial charge in [0, 0.05) is 27.4 Å². The molecule has 0 spiro atoms. The van der Waals surface area contributed by atoms with Gasteiger partial charge in [0.05, 0.1) is 17.1 Å². The summed E-state index contributed by atoms with van der Waals surface area (Å²) in [5.41, 5.74) is 0.829. The second kappa shape index (κ2) is 6.57. The average Bonchev–Trinajstić information content (AvgIpc) is 2.80. The number of rotatable bonds is 7. The van der Waals surface area contributed by atoms with Crippen LogP contribution >= 0.6 is 0 Å². The van der Waals surface area contributed by atoms with Crippen LogP contribution in [0.5, 0.6) is 0 Å². The Morgan fingerprint density at radius 2 is 2.10 bits per heavy atom. The van der Waals surface area contributed by atoms with E-state index in [0.717, 1.165) is 24.5 Å². The molecule has 21 heavy (non-hydrogen) atoms. The van der Waals surface area contributed by atoms with Crippen LogP contribution in [0.25, 0.3) is 10.9 Å². The van der Waals surface area contributed by atoms with Gasteiger partial charge in [-0.05, 0) is 18.5 Å². The van der Waals surface area contributed by atoms with E-state index in [9.17, 15) is 4.79 Å². The van der Waals surface area contributed by atoms with E-state index in [0.29, 0.717) is 12.0 Å². The molecule has 2 heterocycles. The second-order valence-corrected chi connectivity index (χ2v) is 12.2. The summed E-state index contributed by atoms with van der Waals surface area (Å²) >= 11 is 0. The van der Waals surface area contributed by atoms with Gasteiger partial charge in [-0.3, -0.25) is 4.79 Å². The van der Waals surface area contributed by atoms with E-state index in [1.807, 2.05) is 12.3 Å². The average molecular weight is 307 g/mol. The first-order valence-corrected chi connectivity index (χ1v) is 11.3. The molecule has 2 rings (SSSR count). The fourth-order valence-electron chi connectivity index (χ4n) is 2.18. The zero-order valence-electron chi connectivity index (χ0n) is 13.4. The zero-order valence-corrected chi connectivity index (χ0v) is 14.4. The summed E-state index contributed by atoms with van der Waals surface area (Å²) in [4.78, 5) is 12.4. The van der Waals surface area contributed by atoms with Crippen molar-refractivity contribution in [1.29, 1.82) is 0 Å². The molecule has 0 aliphatic heterocycles. The molecular weight excluding hydrogens is 282 g/mol. The van der Waals surface area contributed by atoms with Crippen LogP contribution in [0, 0.1) is 0 Å². The van der Waals surface area contributed by atoms with Crippen LogP contribution in [-0.2, 0) is 18.0 Å². The summed E-state index contributed by atoms with van der Waals surface area (Å²) in [6.45, 7) is 10.9. The zero-order chi connectivity index (χ0) is 15.5. The molecule has 0 aliphatic rings. The van der Waals surface area contributed by atoms with Gasteiger partial charge in [-0.1, -0.05) is 26.6 Å². The molecular formula is C15H25N3O2Si. The number of hydrogen-bond donors (Lipinski definition) is 0. The highest BCUT2D eigenvalue weighted by Crippen LogP contribution is 2.11. The molecule has 2 aromatic rings. The van der Waals surface area contributed by atoms with E-state index in [1.54, 1.807) is 6.20 Å². The Balaban J connectivity index is 2.08. The Bertz CT molecular complexity index is 655. The second-order valence-electron chi connectivity index (χ2n) is 6.61. The van der Waals surface area contributed by atoms with E-state index in [1.165, 1.54) is 4.68 Å². The third-order valence-electron chi connectivity index (χ3n) is 3.47. The number of aromatic nitrogens is 3. The molecule has 0 bridgehead atoms. The summed E-state index contributed by atoms with van der Waals surface area (Å²) in [6, 6.07) is 2.96. The highest BCUT2D eigenvalue weighted by Gasteiger charge is 2.12. The fraction of sp³-hybridized carbons (Fsp3) is 0.600.